The third-order valence-corrected chi connectivity index (χ3v) is 4.10. The van der Waals surface area contributed by atoms with Gasteiger partial charge in [0.1, 0.15) is 0 Å². The maximum Gasteiger partial charge on any atom is 0.246 e. The van der Waals surface area contributed by atoms with Crippen LogP contribution in [0.15, 0.2) is 34.9 Å². The Morgan fingerprint density at radius 3 is 2.78 bits per heavy atom. The van der Waals surface area contributed by atoms with E-state index in [1.807, 2.05) is 30.3 Å². The summed E-state index contributed by atoms with van der Waals surface area (Å²) in [4.78, 5) is 16.2. The molecule has 0 radical (unpaired) electrons. The van der Waals surface area contributed by atoms with E-state index < -0.39 is 0 Å². The van der Waals surface area contributed by atoms with E-state index in [9.17, 15) is 4.79 Å². The van der Waals surface area contributed by atoms with Crippen LogP contribution in [-0.2, 0) is 11.3 Å². The highest BCUT2D eigenvalue weighted by Gasteiger charge is 2.26. The van der Waals surface area contributed by atoms with Gasteiger partial charge in [0.05, 0.1) is 6.54 Å². The number of amides is 1. The van der Waals surface area contributed by atoms with Crippen molar-refractivity contribution in [3.8, 4) is 11.4 Å². The molecule has 3 rings (SSSR count). The molecule has 1 heterocycles. The van der Waals surface area contributed by atoms with Crippen molar-refractivity contribution in [2.24, 2.45) is 11.7 Å². The highest BCUT2D eigenvalue weighted by Crippen LogP contribution is 2.26. The number of aromatic nitrogens is 2. The quantitative estimate of drug-likeness (QED) is 0.873. The van der Waals surface area contributed by atoms with Crippen molar-refractivity contribution in [3.05, 3.63) is 36.2 Å². The Bertz CT molecular complexity index is 632. The molecule has 0 aliphatic heterocycles. The fraction of sp³-hybridized carbons (Fsp3) is 0.438. The molecule has 1 aliphatic carbocycles. The highest BCUT2D eigenvalue weighted by atomic mass is 35.5. The predicted molar refractivity (Wildman–Crippen MR) is 88.8 cm³/mol. The molecule has 2 atom stereocenters. The monoisotopic (exact) mass is 336 g/mol. The fourth-order valence-corrected chi connectivity index (χ4v) is 2.83. The van der Waals surface area contributed by atoms with Gasteiger partial charge in [0.2, 0.25) is 17.6 Å². The first-order chi connectivity index (χ1) is 10.7. The van der Waals surface area contributed by atoms with Crippen LogP contribution in [0.2, 0.25) is 0 Å². The largest absolute Gasteiger partial charge is 0.347 e. The Morgan fingerprint density at radius 2 is 2.09 bits per heavy atom. The average molecular weight is 337 g/mol. The summed E-state index contributed by atoms with van der Waals surface area (Å²) in [6.07, 6.45) is 3.64. The Kier molecular flexibility index (Phi) is 6.12. The normalized spacial score (nSPS) is 20.0. The lowest BCUT2D eigenvalue weighted by atomic mass is 10.00. The van der Waals surface area contributed by atoms with Crippen LogP contribution in [-0.4, -0.2) is 22.1 Å². The van der Waals surface area contributed by atoms with Crippen LogP contribution in [0.3, 0.4) is 0 Å². The molecule has 0 unspecified atom stereocenters. The predicted octanol–water partition coefficient (Wildman–Crippen LogP) is 2.29. The second kappa shape index (κ2) is 8.08. The Labute approximate surface area is 141 Å². The van der Waals surface area contributed by atoms with Crippen LogP contribution in [0.4, 0.5) is 0 Å². The van der Waals surface area contributed by atoms with Gasteiger partial charge in [-0.15, -0.1) is 12.4 Å². The van der Waals surface area contributed by atoms with E-state index in [1.54, 1.807) is 0 Å². The molecule has 6 nitrogen and oxygen atoms in total. The van der Waals surface area contributed by atoms with Crippen LogP contribution >= 0.6 is 12.4 Å². The van der Waals surface area contributed by atoms with Gasteiger partial charge in [0.15, 0.2) is 0 Å². The van der Waals surface area contributed by atoms with Gasteiger partial charge in [-0.25, -0.2) is 0 Å². The summed E-state index contributed by atoms with van der Waals surface area (Å²) in [5.41, 5.74) is 6.87. The first kappa shape index (κ1) is 17.4. The van der Waals surface area contributed by atoms with E-state index >= 15 is 0 Å². The summed E-state index contributed by atoms with van der Waals surface area (Å²) >= 11 is 0. The molecule has 0 saturated heterocycles. The molecule has 2 aromatic rings. The number of nitrogens with zero attached hydrogens (tertiary/aromatic N) is 2. The molecule has 1 amide bonds. The molecular formula is C16H21ClN4O2. The molecule has 1 aromatic carbocycles. The number of rotatable bonds is 5. The van der Waals surface area contributed by atoms with Crippen LogP contribution in [0.1, 0.15) is 31.6 Å². The van der Waals surface area contributed by atoms with Crippen molar-refractivity contribution >= 4 is 18.3 Å². The first-order valence-electron chi connectivity index (χ1n) is 7.62. The molecule has 1 saturated carbocycles. The number of hydrogen-bond donors (Lipinski definition) is 2. The number of benzene rings is 1. The molecule has 124 valence electrons. The van der Waals surface area contributed by atoms with Gasteiger partial charge in [-0.2, -0.15) is 4.98 Å². The van der Waals surface area contributed by atoms with Crippen LogP contribution < -0.4 is 11.1 Å². The number of carbonyl (C=O) groups is 1. The summed E-state index contributed by atoms with van der Waals surface area (Å²) in [6, 6.07) is 9.73. The zero-order valence-electron chi connectivity index (χ0n) is 12.8. The van der Waals surface area contributed by atoms with E-state index in [-0.39, 0.29) is 30.9 Å². The summed E-state index contributed by atoms with van der Waals surface area (Å²) in [6.45, 7) is 0.251. The van der Waals surface area contributed by atoms with Gasteiger partial charge in [-0.05, 0) is 18.8 Å². The molecule has 1 aromatic heterocycles. The Morgan fingerprint density at radius 1 is 1.30 bits per heavy atom. The van der Waals surface area contributed by atoms with Crippen molar-refractivity contribution < 1.29 is 9.32 Å². The van der Waals surface area contributed by atoms with Crippen LogP contribution in [0, 0.1) is 5.92 Å². The number of halogens is 1. The van der Waals surface area contributed by atoms with Gasteiger partial charge in [-0.1, -0.05) is 41.9 Å². The fourth-order valence-electron chi connectivity index (χ4n) is 2.83. The van der Waals surface area contributed by atoms with E-state index in [0.717, 1.165) is 24.8 Å². The van der Waals surface area contributed by atoms with Crippen LogP contribution in [0.5, 0.6) is 0 Å². The third kappa shape index (κ3) is 4.53. The average Bonchev–Trinajstić information content (AvgIpc) is 3.16. The smallest absolute Gasteiger partial charge is 0.246 e. The summed E-state index contributed by atoms with van der Waals surface area (Å²) in [5.74, 6) is 1.22. The minimum absolute atomic E-state index is 0. The Hall–Kier alpha value is -1.92. The zero-order chi connectivity index (χ0) is 15.4. The summed E-state index contributed by atoms with van der Waals surface area (Å²) < 4.78 is 5.16. The molecule has 1 aliphatic rings. The van der Waals surface area contributed by atoms with Crippen molar-refractivity contribution in [1.29, 1.82) is 0 Å². The maximum absolute atomic E-state index is 11.9. The van der Waals surface area contributed by atoms with Gasteiger partial charge >= 0.3 is 0 Å². The Balaban J connectivity index is 0.00000192. The molecule has 7 heteroatoms. The van der Waals surface area contributed by atoms with Gasteiger partial charge in [-0.3, -0.25) is 4.79 Å². The lowest BCUT2D eigenvalue weighted by Gasteiger charge is -2.14. The zero-order valence-corrected chi connectivity index (χ0v) is 13.6. The number of hydrogen-bond acceptors (Lipinski definition) is 5. The minimum Gasteiger partial charge on any atom is -0.347 e. The van der Waals surface area contributed by atoms with Crippen molar-refractivity contribution in [2.75, 3.05) is 0 Å². The molecule has 3 N–H and O–H groups in total. The highest BCUT2D eigenvalue weighted by molar-refractivity contribution is 5.85. The summed E-state index contributed by atoms with van der Waals surface area (Å²) in [5, 5.41) is 6.74. The first-order valence-corrected chi connectivity index (χ1v) is 7.62. The number of nitrogens with two attached hydrogens (primary N) is 1. The van der Waals surface area contributed by atoms with E-state index in [0.29, 0.717) is 24.1 Å². The second-order valence-electron chi connectivity index (χ2n) is 5.71. The molecular weight excluding hydrogens is 316 g/mol. The van der Waals surface area contributed by atoms with Crippen LogP contribution in [0.25, 0.3) is 11.4 Å². The molecule has 23 heavy (non-hydrogen) atoms. The standard InChI is InChI=1S/C16H20N4O2.ClH/c17-13-8-4-7-12(13)9-14(21)18-10-15-19-16(20-22-15)11-5-2-1-3-6-11;/h1-3,5-6,12-13H,4,7-10,17H2,(H,18,21);1H/t12-,13+;/m0./s1. The van der Waals surface area contributed by atoms with Gasteiger partial charge in [0, 0.05) is 18.0 Å². The van der Waals surface area contributed by atoms with E-state index in [2.05, 4.69) is 15.5 Å². The molecule has 0 spiro atoms. The molecule has 1 fully saturated rings. The van der Waals surface area contributed by atoms with Crippen molar-refractivity contribution in [3.63, 3.8) is 0 Å². The van der Waals surface area contributed by atoms with Crippen molar-refractivity contribution in [2.45, 2.75) is 38.3 Å². The lowest BCUT2D eigenvalue weighted by Crippen LogP contribution is -2.31. The van der Waals surface area contributed by atoms with E-state index in [4.69, 9.17) is 10.3 Å². The molecule has 0 bridgehead atoms. The second-order valence-corrected chi connectivity index (χ2v) is 5.71. The topological polar surface area (TPSA) is 94.0 Å². The lowest BCUT2D eigenvalue weighted by molar-refractivity contribution is -0.122. The van der Waals surface area contributed by atoms with E-state index in [1.165, 1.54) is 0 Å². The van der Waals surface area contributed by atoms with Gasteiger partial charge in [0.25, 0.3) is 0 Å². The SMILES string of the molecule is Cl.N[C@@H]1CCC[C@H]1CC(=O)NCc1nc(-c2ccccc2)no1. The third-order valence-electron chi connectivity index (χ3n) is 4.10. The minimum atomic E-state index is -0.0122. The maximum atomic E-state index is 11.9. The summed E-state index contributed by atoms with van der Waals surface area (Å²) in [7, 11) is 0. The van der Waals surface area contributed by atoms with Crippen molar-refractivity contribution in [1.82, 2.24) is 15.5 Å². The number of carbonyl (C=O) groups excluding carboxylic acids is 1. The van der Waals surface area contributed by atoms with Gasteiger partial charge < -0.3 is 15.6 Å². The number of nitrogens with one attached hydrogen (secondary N) is 1.